The number of aliphatic carboxylic acids is 1. The molecule has 10 heteroatoms. The summed E-state index contributed by atoms with van der Waals surface area (Å²) in [5, 5.41) is 20.9. The van der Waals surface area contributed by atoms with Gasteiger partial charge in [-0.15, -0.1) is 0 Å². The quantitative estimate of drug-likeness (QED) is 0.233. The minimum atomic E-state index is -1.00. The Morgan fingerprint density at radius 3 is 2.11 bits per heavy atom. The summed E-state index contributed by atoms with van der Waals surface area (Å²) in [5.41, 5.74) is 1.44. The third-order valence-corrected chi connectivity index (χ3v) is 5.64. The van der Waals surface area contributed by atoms with Crippen LogP contribution in [0.15, 0.2) is 72.8 Å². The van der Waals surface area contributed by atoms with Gasteiger partial charge in [-0.1, -0.05) is 60.7 Å². The van der Waals surface area contributed by atoms with E-state index in [1.54, 1.807) is 6.07 Å². The molecule has 0 fully saturated rings. The van der Waals surface area contributed by atoms with Gasteiger partial charge in [-0.3, -0.25) is 24.0 Å². The first-order valence-electron chi connectivity index (χ1n) is 12.2. The van der Waals surface area contributed by atoms with Crippen LogP contribution in [-0.4, -0.2) is 53.8 Å². The van der Waals surface area contributed by atoms with Gasteiger partial charge in [0.1, 0.15) is 6.04 Å². The van der Waals surface area contributed by atoms with E-state index in [-0.39, 0.29) is 38.8 Å². The molecule has 0 aliphatic rings. The van der Waals surface area contributed by atoms with Gasteiger partial charge in [-0.05, 0) is 34.9 Å². The molecule has 10 nitrogen and oxygen atoms in total. The van der Waals surface area contributed by atoms with E-state index in [2.05, 4.69) is 21.3 Å². The second kappa shape index (κ2) is 14.1. The fourth-order valence-corrected chi connectivity index (χ4v) is 3.71. The maximum atomic E-state index is 13.1. The Morgan fingerprint density at radius 2 is 1.37 bits per heavy atom. The molecule has 0 saturated heterocycles. The number of benzene rings is 3. The van der Waals surface area contributed by atoms with Gasteiger partial charge < -0.3 is 26.4 Å². The molecule has 0 aromatic heterocycles. The third kappa shape index (κ3) is 9.38. The Hall–Kier alpha value is -4.73. The highest BCUT2D eigenvalue weighted by Gasteiger charge is 2.22. The van der Waals surface area contributed by atoms with E-state index in [0.717, 1.165) is 16.3 Å². The highest BCUT2D eigenvalue weighted by atomic mass is 16.4. The molecular formula is C28H30N4O6. The number of rotatable bonds is 13. The standard InChI is InChI=1S/C28H30N4O6/c33-24(11-6-12-27(36)37)29-17-25(34)30-18-26(35)32-23(15-19-7-2-1-3-8-19)28(38)31-22-14-13-20-9-4-5-10-21(20)16-22/h1-5,7-10,13-14,16,23H,6,11-12,15,17-18H2,(H,29,33)(H,30,34)(H,31,38)(H,32,35)(H,36,37)/t23-/m1/s1. The molecule has 0 heterocycles. The molecule has 0 bridgehead atoms. The van der Waals surface area contributed by atoms with Gasteiger partial charge in [0.15, 0.2) is 0 Å². The van der Waals surface area contributed by atoms with E-state index in [1.165, 1.54) is 0 Å². The average Bonchev–Trinajstić information content (AvgIpc) is 2.90. The van der Waals surface area contributed by atoms with Gasteiger partial charge in [0.05, 0.1) is 13.1 Å². The third-order valence-electron chi connectivity index (χ3n) is 5.64. The number of fused-ring (bicyclic) bond motifs is 1. The zero-order valence-corrected chi connectivity index (χ0v) is 20.7. The van der Waals surface area contributed by atoms with Crippen molar-refractivity contribution in [1.82, 2.24) is 16.0 Å². The summed E-state index contributed by atoms with van der Waals surface area (Å²) in [6, 6.07) is 21.6. The smallest absolute Gasteiger partial charge is 0.303 e. The number of hydrogen-bond acceptors (Lipinski definition) is 5. The first kappa shape index (κ1) is 27.9. The van der Waals surface area contributed by atoms with Crippen LogP contribution in [0.5, 0.6) is 0 Å². The molecule has 0 unspecified atom stereocenters. The summed E-state index contributed by atoms with van der Waals surface area (Å²) in [6.07, 6.45) is 0.244. The second-order valence-electron chi connectivity index (χ2n) is 8.66. The van der Waals surface area contributed by atoms with E-state index in [4.69, 9.17) is 5.11 Å². The van der Waals surface area contributed by atoms with E-state index < -0.39 is 35.6 Å². The first-order chi connectivity index (χ1) is 18.3. The Balaban J connectivity index is 1.54. The fraction of sp³-hybridized carbons (Fsp3) is 0.250. The summed E-state index contributed by atoms with van der Waals surface area (Å²) in [5.74, 6) is -3.03. The number of anilines is 1. The summed E-state index contributed by atoms with van der Waals surface area (Å²) in [7, 11) is 0. The summed E-state index contributed by atoms with van der Waals surface area (Å²) >= 11 is 0. The van der Waals surface area contributed by atoms with Gasteiger partial charge in [-0.25, -0.2) is 0 Å². The van der Waals surface area contributed by atoms with Crippen molar-refractivity contribution in [2.75, 3.05) is 18.4 Å². The molecule has 0 radical (unpaired) electrons. The molecule has 0 spiro atoms. The van der Waals surface area contributed by atoms with Crippen molar-refractivity contribution in [3.8, 4) is 0 Å². The van der Waals surface area contributed by atoms with Gasteiger partial charge >= 0.3 is 5.97 Å². The number of carbonyl (C=O) groups is 5. The minimum absolute atomic E-state index is 0.0203. The summed E-state index contributed by atoms with van der Waals surface area (Å²) in [4.78, 5) is 59.9. The van der Waals surface area contributed by atoms with Gasteiger partial charge in [0.2, 0.25) is 23.6 Å². The van der Waals surface area contributed by atoms with Crippen molar-refractivity contribution in [2.24, 2.45) is 0 Å². The molecule has 3 rings (SSSR count). The van der Waals surface area contributed by atoms with Crippen molar-refractivity contribution in [3.63, 3.8) is 0 Å². The normalized spacial score (nSPS) is 11.3. The van der Waals surface area contributed by atoms with Gasteiger partial charge in [-0.2, -0.15) is 0 Å². The molecule has 4 amide bonds. The zero-order valence-electron chi connectivity index (χ0n) is 20.7. The lowest BCUT2D eigenvalue weighted by atomic mass is 10.0. The van der Waals surface area contributed by atoms with Crippen LogP contribution in [0.4, 0.5) is 5.69 Å². The van der Waals surface area contributed by atoms with Crippen LogP contribution in [0, 0.1) is 0 Å². The topological polar surface area (TPSA) is 154 Å². The Labute approximate surface area is 219 Å². The Kier molecular flexibility index (Phi) is 10.3. The van der Waals surface area contributed by atoms with Crippen LogP contribution in [0.1, 0.15) is 24.8 Å². The maximum absolute atomic E-state index is 13.1. The number of hydrogen-bond donors (Lipinski definition) is 5. The fourth-order valence-electron chi connectivity index (χ4n) is 3.71. The number of carboxylic acid groups (broad SMARTS) is 1. The summed E-state index contributed by atoms with van der Waals surface area (Å²) < 4.78 is 0. The molecular weight excluding hydrogens is 488 g/mol. The SMILES string of the molecule is O=C(O)CCCC(=O)NCC(=O)NCC(=O)N[C@H](Cc1ccccc1)C(=O)Nc1ccc2ccccc2c1. The number of carboxylic acids is 1. The maximum Gasteiger partial charge on any atom is 0.303 e. The highest BCUT2D eigenvalue weighted by Crippen LogP contribution is 2.19. The number of carbonyl (C=O) groups excluding carboxylic acids is 4. The van der Waals surface area contributed by atoms with Crippen molar-refractivity contribution in [2.45, 2.75) is 31.7 Å². The molecule has 0 saturated carbocycles. The lowest BCUT2D eigenvalue weighted by molar-refractivity contribution is -0.137. The monoisotopic (exact) mass is 518 g/mol. The van der Waals surface area contributed by atoms with E-state index in [9.17, 15) is 24.0 Å². The predicted molar refractivity (Wildman–Crippen MR) is 142 cm³/mol. The molecule has 3 aromatic carbocycles. The minimum Gasteiger partial charge on any atom is -0.481 e. The molecule has 38 heavy (non-hydrogen) atoms. The van der Waals surface area contributed by atoms with Crippen LogP contribution in [-0.2, 0) is 30.4 Å². The van der Waals surface area contributed by atoms with Gasteiger partial charge in [0.25, 0.3) is 0 Å². The molecule has 0 aliphatic carbocycles. The van der Waals surface area contributed by atoms with Crippen LogP contribution in [0.3, 0.4) is 0 Å². The Bertz CT molecular complexity index is 1290. The van der Waals surface area contributed by atoms with Crippen LogP contribution in [0.2, 0.25) is 0 Å². The summed E-state index contributed by atoms with van der Waals surface area (Å²) in [6.45, 7) is -0.739. The molecule has 3 aromatic rings. The lowest BCUT2D eigenvalue weighted by Crippen LogP contribution is -2.49. The number of nitrogens with one attached hydrogen (secondary N) is 4. The van der Waals surface area contributed by atoms with Crippen LogP contribution >= 0.6 is 0 Å². The number of amides is 4. The van der Waals surface area contributed by atoms with Crippen molar-refractivity contribution in [1.29, 1.82) is 0 Å². The van der Waals surface area contributed by atoms with E-state index in [0.29, 0.717) is 5.69 Å². The van der Waals surface area contributed by atoms with Crippen LogP contribution < -0.4 is 21.3 Å². The van der Waals surface area contributed by atoms with Gasteiger partial charge in [0, 0.05) is 24.9 Å². The predicted octanol–water partition coefficient (Wildman–Crippen LogP) is 1.99. The van der Waals surface area contributed by atoms with Crippen molar-refractivity contribution < 1.29 is 29.1 Å². The van der Waals surface area contributed by atoms with Crippen molar-refractivity contribution >= 4 is 46.1 Å². The molecule has 198 valence electrons. The highest BCUT2D eigenvalue weighted by molar-refractivity contribution is 5.99. The molecule has 0 aliphatic heterocycles. The zero-order chi connectivity index (χ0) is 27.3. The Morgan fingerprint density at radius 1 is 0.711 bits per heavy atom. The van der Waals surface area contributed by atoms with E-state index >= 15 is 0 Å². The van der Waals surface area contributed by atoms with Crippen molar-refractivity contribution in [3.05, 3.63) is 78.4 Å². The molecule has 5 N–H and O–H groups in total. The first-order valence-corrected chi connectivity index (χ1v) is 12.2. The second-order valence-corrected chi connectivity index (χ2v) is 8.66. The largest absolute Gasteiger partial charge is 0.481 e. The molecule has 1 atom stereocenters. The van der Waals surface area contributed by atoms with E-state index in [1.807, 2.05) is 66.7 Å². The van der Waals surface area contributed by atoms with Crippen LogP contribution in [0.25, 0.3) is 10.8 Å². The average molecular weight is 519 g/mol. The lowest BCUT2D eigenvalue weighted by Gasteiger charge is -2.19.